The van der Waals surface area contributed by atoms with Crippen LogP contribution in [0.5, 0.6) is 0 Å². The van der Waals surface area contributed by atoms with E-state index in [0.29, 0.717) is 12.3 Å². The molecule has 0 aromatic carbocycles. The molecule has 1 aromatic heterocycles. The van der Waals surface area contributed by atoms with Crippen LogP contribution < -0.4 is 5.73 Å². The number of carbonyl (C=O) groups excluding carboxylic acids is 1. The van der Waals surface area contributed by atoms with Crippen LogP contribution in [-0.2, 0) is 4.79 Å². The summed E-state index contributed by atoms with van der Waals surface area (Å²) in [7, 11) is 0. The molecule has 0 bridgehead atoms. The molecule has 2 N–H and O–H groups in total. The lowest BCUT2D eigenvalue weighted by molar-refractivity contribution is -0.129. The van der Waals surface area contributed by atoms with Gasteiger partial charge in [-0.3, -0.25) is 4.79 Å². The quantitative estimate of drug-likeness (QED) is 0.906. The van der Waals surface area contributed by atoms with Crippen LogP contribution in [0.15, 0.2) is 16.5 Å². The summed E-state index contributed by atoms with van der Waals surface area (Å²) in [6, 6.07) is 3.85. The van der Waals surface area contributed by atoms with E-state index in [1.807, 2.05) is 11.0 Å². The van der Waals surface area contributed by atoms with Gasteiger partial charge in [0.2, 0.25) is 5.91 Å². The Labute approximate surface area is 113 Å². The Balaban J connectivity index is 1.82. The molecule has 4 atom stereocenters. The average molecular weight is 262 g/mol. The molecular formula is C15H22N2O2. The molecular weight excluding hydrogens is 240 g/mol. The van der Waals surface area contributed by atoms with Gasteiger partial charge in [0.25, 0.3) is 0 Å². The van der Waals surface area contributed by atoms with Crippen LogP contribution in [0, 0.1) is 5.92 Å². The van der Waals surface area contributed by atoms with E-state index in [1.54, 1.807) is 0 Å². The van der Waals surface area contributed by atoms with Crippen molar-refractivity contribution in [3.63, 3.8) is 0 Å². The number of rotatable bonds is 4. The summed E-state index contributed by atoms with van der Waals surface area (Å²) in [5.74, 6) is 3.37. The Hall–Kier alpha value is -1.29. The van der Waals surface area contributed by atoms with E-state index in [2.05, 4.69) is 19.9 Å². The van der Waals surface area contributed by atoms with Crippen LogP contribution in [0.1, 0.15) is 56.6 Å². The number of likely N-dealkylation sites (tertiary alicyclic amines) is 1. The van der Waals surface area contributed by atoms with Crippen molar-refractivity contribution in [2.45, 2.75) is 51.1 Å². The van der Waals surface area contributed by atoms with Crippen molar-refractivity contribution in [1.82, 2.24) is 4.90 Å². The third-order valence-corrected chi connectivity index (χ3v) is 4.35. The first-order valence-corrected chi connectivity index (χ1v) is 7.26. The molecule has 1 aromatic rings. The lowest BCUT2D eigenvalue weighted by Crippen LogP contribution is -2.33. The molecule has 0 radical (unpaired) electrons. The maximum atomic E-state index is 12.0. The summed E-state index contributed by atoms with van der Waals surface area (Å²) in [5.41, 5.74) is 6.13. The second-order valence-corrected chi connectivity index (χ2v) is 5.96. The molecule has 0 spiro atoms. The van der Waals surface area contributed by atoms with Crippen LogP contribution in [0.2, 0.25) is 0 Å². The highest BCUT2D eigenvalue weighted by atomic mass is 16.3. The minimum Gasteiger partial charge on any atom is -0.464 e. The maximum absolute atomic E-state index is 12.0. The van der Waals surface area contributed by atoms with Gasteiger partial charge in [-0.1, -0.05) is 13.8 Å². The van der Waals surface area contributed by atoms with Crippen LogP contribution in [-0.4, -0.2) is 23.4 Å². The largest absolute Gasteiger partial charge is 0.464 e. The molecule has 1 aliphatic heterocycles. The van der Waals surface area contributed by atoms with Crippen molar-refractivity contribution in [2.24, 2.45) is 11.7 Å². The van der Waals surface area contributed by atoms with Crippen LogP contribution in [0.3, 0.4) is 0 Å². The molecule has 1 aliphatic carbocycles. The molecule has 1 saturated carbocycles. The van der Waals surface area contributed by atoms with E-state index in [9.17, 15) is 4.79 Å². The molecule has 3 rings (SSSR count). The Morgan fingerprint density at radius 2 is 2.11 bits per heavy atom. The lowest BCUT2D eigenvalue weighted by atomic mass is 10.1. The number of hydrogen-bond acceptors (Lipinski definition) is 3. The Morgan fingerprint density at radius 1 is 1.42 bits per heavy atom. The van der Waals surface area contributed by atoms with Gasteiger partial charge in [-0.05, 0) is 30.9 Å². The second kappa shape index (κ2) is 4.67. The summed E-state index contributed by atoms with van der Waals surface area (Å²) in [5, 5.41) is 0. The number of amides is 1. The molecule has 4 nitrogen and oxygen atoms in total. The molecule has 2 aliphatic rings. The summed E-state index contributed by atoms with van der Waals surface area (Å²) in [6.07, 6.45) is 2.59. The first-order chi connectivity index (χ1) is 9.11. The number of hydrogen-bond donors (Lipinski definition) is 1. The maximum Gasteiger partial charge on any atom is 0.224 e. The fourth-order valence-electron chi connectivity index (χ4n) is 3.13. The smallest absolute Gasteiger partial charge is 0.224 e. The Kier molecular flexibility index (Phi) is 3.13. The van der Waals surface area contributed by atoms with Crippen molar-refractivity contribution in [3.8, 4) is 0 Å². The van der Waals surface area contributed by atoms with E-state index in [1.165, 1.54) is 6.42 Å². The van der Waals surface area contributed by atoms with Gasteiger partial charge < -0.3 is 15.1 Å². The molecule has 4 heteroatoms. The first-order valence-electron chi connectivity index (χ1n) is 7.26. The van der Waals surface area contributed by atoms with Gasteiger partial charge in [0, 0.05) is 24.9 Å². The van der Waals surface area contributed by atoms with Crippen molar-refractivity contribution in [3.05, 3.63) is 23.7 Å². The number of furan rings is 1. The van der Waals surface area contributed by atoms with Gasteiger partial charge in [0.1, 0.15) is 17.6 Å². The van der Waals surface area contributed by atoms with Gasteiger partial charge in [-0.15, -0.1) is 0 Å². The Morgan fingerprint density at radius 3 is 2.74 bits per heavy atom. The number of nitrogens with two attached hydrogens (primary N) is 1. The fourth-order valence-corrected chi connectivity index (χ4v) is 3.13. The highest BCUT2D eigenvalue weighted by Gasteiger charge is 2.41. The van der Waals surface area contributed by atoms with Gasteiger partial charge >= 0.3 is 0 Å². The Bertz CT molecular complexity index is 482. The highest BCUT2D eigenvalue weighted by Crippen LogP contribution is 2.48. The predicted molar refractivity (Wildman–Crippen MR) is 72.6 cm³/mol. The van der Waals surface area contributed by atoms with E-state index in [-0.39, 0.29) is 18.0 Å². The normalized spacial score (nSPS) is 34.1. The minimum atomic E-state index is -0.144. The molecule has 19 heavy (non-hydrogen) atoms. The zero-order chi connectivity index (χ0) is 13.6. The van der Waals surface area contributed by atoms with E-state index in [4.69, 9.17) is 10.2 Å². The predicted octanol–water partition coefficient (Wildman–Crippen LogP) is 2.41. The lowest BCUT2D eigenvalue weighted by Gasteiger charge is -2.24. The van der Waals surface area contributed by atoms with Crippen molar-refractivity contribution in [1.29, 1.82) is 0 Å². The third kappa shape index (κ3) is 2.18. The second-order valence-electron chi connectivity index (χ2n) is 5.96. The third-order valence-electron chi connectivity index (χ3n) is 4.35. The van der Waals surface area contributed by atoms with E-state index < -0.39 is 0 Å². The average Bonchev–Trinajstić information content (AvgIpc) is 2.81. The zero-order valence-electron chi connectivity index (χ0n) is 11.6. The molecule has 1 saturated heterocycles. The number of nitrogens with zero attached hydrogens (tertiary/aromatic N) is 1. The minimum absolute atomic E-state index is 0.0738. The van der Waals surface area contributed by atoms with Crippen LogP contribution in [0.25, 0.3) is 0 Å². The van der Waals surface area contributed by atoms with E-state index >= 15 is 0 Å². The van der Waals surface area contributed by atoms with Crippen LogP contribution in [0.4, 0.5) is 0 Å². The fraction of sp³-hybridized carbons (Fsp3) is 0.667. The van der Waals surface area contributed by atoms with Crippen LogP contribution >= 0.6 is 0 Å². The molecule has 4 unspecified atom stereocenters. The standard InChI is InChI=1S/C15H22N2O2/c1-3-6-17-14(18)8-11(16)15(17)13-5-4-12(19-13)10-7-9(10)2/h4-5,9-11,15H,3,6-8,16H2,1-2H3. The monoisotopic (exact) mass is 262 g/mol. The summed E-state index contributed by atoms with van der Waals surface area (Å²) in [6.45, 7) is 5.07. The van der Waals surface area contributed by atoms with Crippen molar-refractivity contribution < 1.29 is 9.21 Å². The summed E-state index contributed by atoms with van der Waals surface area (Å²) >= 11 is 0. The first kappa shape index (κ1) is 12.7. The molecule has 2 fully saturated rings. The number of carbonyl (C=O) groups is 1. The van der Waals surface area contributed by atoms with Gasteiger partial charge in [0.15, 0.2) is 0 Å². The van der Waals surface area contributed by atoms with E-state index in [0.717, 1.165) is 30.4 Å². The molecule has 104 valence electrons. The van der Waals surface area contributed by atoms with Gasteiger partial charge in [-0.2, -0.15) is 0 Å². The molecule has 1 amide bonds. The van der Waals surface area contributed by atoms with Crippen molar-refractivity contribution >= 4 is 5.91 Å². The highest BCUT2D eigenvalue weighted by molar-refractivity contribution is 5.80. The van der Waals surface area contributed by atoms with Crippen molar-refractivity contribution in [2.75, 3.05) is 6.54 Å². The van der Waals surface area contributed by atoms with Gasteiger partial charge in [-0.25, -0.2) is 0 Å². The summed E-state index contributed by atoms with van der Waals surface area (Å²) in [4.78, 5) is 13.8. The van der Waals surface area contributed by atoms with Gasteiger partial charge in [0.05, 0.1) is 0 Å². The molecule has 2 heterocycles. The SMILES string of the molecule is CCCN1C(=O)CC(N)C1c1ccc(C2CC2C)o1. The summed E-state index contributed by atoms with van der Waals surface area (Å²) < 4.78 is 5.98. The zero-order valence-corrected chi connectivity index (χ0v) is 11.6. The topological polar surface area (TPSA) is 59.5 Å².